The number of Topliss-reactive ketones (excluding diaryl/α,β-unsaturated/α-hetero) is 1. The Bertz CT molecular complexity index is 745. The number of hydrogen-bond donors (Lipinski definition) is 0. The van der Waals surface area contributed by atoms with E-state index in [2.05, 4.69) is 5.16 Å². The van der Waals surface area contributed by atoms with E-state index < -0.39 is 5.41 Å². The molecule has 1 spiro atoms. The van der Waals surface area contributed by atoms with Crippen molar-refractivity contribution in [3.05, 3.63) is 29.2 Å². The van der Waals surface area contributed by atoms with Crippen LogP contribution in [0.4, 0.5) is 0 Å². The fourth-order valence-electron chi connectivity index (χ4n) is 3.63. The Labute approximate surface area is 134 Å². The molecule has 0 atom stereocenters. The maximum atomic E-state index is 12.4. The number of allylic oxidation sites excluding steroid dienone is 1. The van der Waals surface area contributed by atoms with Crippen molar-refractivity contribution in [1.29, 1.82) is 5.26 Å². The highest BCUT2D eigenvalue weighted by molar-refractivity contribution is 6.04. The molecule has 1 saturated heterocycles. The quantitative estimate of drug-likeness (QED) is 0.834. The van der Waals surface area contributed by atoms with Gasteiger partial charge in [0.2, 0.25) is 0 Å². The number of ketones is 1. The lowest BCUT2D eigenvalue weighted by atomic mass is 9.61. The van der Waals surface area contributed by atoms with Crippen LogP contribution in [0.25, 0.3) is 0 Å². The molecule has 1 aromatic heterocycles. The van der Waals surface area contributed by atoms with Crippen LogP contribution in [0.1, 0.15) is 43.4 Å². The van der Waals surface area contributed by atoms with Crippen molar-refractivity contribution in [2.75, 3.05) is 13.1 Å². The van der Waals surface area contributed by atoms with E-state index in [9.17, 15) is 14.9 Å². The minimum atomic E-state index is -0.571. The summed E-state index contributed by atoms with van der Waals surface area (Å²) in [6.45, 7) is 6.65. The van der Waals surface area contributed by atoms with Crippen molar-refractivity contribution >= 4 is 11.7 Å². The van der Waals surface area contributed by atoms with Gasteiger partial charge in [-0.15, -0.1) is 0 Å². The molecule has 3 rings (SSSR count). The van der Waals surface area contributed by atoms with Gasteiger partial charge in [0.1, 0.15) is 11.8 Å². The minimum Gasteiger partial charge on any atom is -0.361 e. The first-order valence-corrected chi connectivity index (χ1v) is 7.73. The average molecular weight is 313 g/mol. The van der Waals surface area contributed by atoms with Gasteiger partial charge in [0.25, 0.3) is 5.91 Å². The van der Waals surface area contributed by atoms with Crippen molar-refractivity contribution in [2.45, 2.75) is 33.6 Å². The molecular formula is C17H19N3O3. The summed E-state index contributed by atoms with van der Waals surface area (Å²) in [5, 5.41) is 13.0. The smallest absolute Gasteiger partial charge is 0.276 e. The molecule has 23 heavy (non-hydrogen) atoms. The largest absolute Gasteiger partial charge is 0.361 e. The highest BCUT2D eigenvalue weighted by atomic mass is 16.5. The second-order valence-corrected chi connectivity index (χ2v) is 7.12. The first-order valence-electron chi connectivity index (χ1n) is 7.73. The molecule has 0 radical (unpaired) electrons. The number of rotatable bonds is 2. The van der Waals surface area contributed by atoms with E-state index in [1.54, 1.807) is 17.0 Å². The predicted molar refractivity (Wildman–Crippen MR) is 81.3 cm³/mol. The van der Waals surface area contributed by atoms with Gasteiger partial charge in [-0.3, -0.25) is 9.59 Å². The van der Waals surface area contributed by atoms with Crippen LogP contribution in [0.15, 0.2) is 22.2 Å². The van der Waals surface area contributed by atoms with Crippen molar-refractivity contribution < 1.29 is 14.1 Å². The zero-order chi connectivity index (χ0) is 16.8. The number of hydrogen-bond acceptors (Lipinski definition) is 5. The molecule has 0 saturated carbocycles. The average Bonchev–Trinajstić information content (AvgIpc) is 2.95. The summed E-state index contributed by atoms with van der Waals surface area (Å²) in [4.78, 5) is 26.3. The third kappa shape index (κ3) is 2.46. The van der Waals surface area contributed by atoms with Gasteiger partial charge in [-0.25, -0.2) is 0 Å². The zero-order valence-corrected chi connectivity index (χ0v) is 13.5. The van der Waals surface area contributed by atoms with Crippen LogP contribution in [0.5, 0.6) is 0 Å². The Morgan fingerprint density at radius 3 is 2.74 bits per heavy atom. The zero-order valence-electron chi connectivity index (χ0n) is 13.5. The first kappa shape index (κ1) is 15.5. The number of likely N-dealkylation sites (tertiary alicyclic amines) is 1. The van der Waals surface area contributed by atoms with Gasteiger partial charge in [0.05, 0.1) is 5.57 Å². The SMILES string of the molecule is CCc1cc(C(=O)N2CC3(C=C(C#N)C(=O)C(C)(C)C3)C2)no1. The molecule has 2 heterocycles. The molecule has 1 aliphatic heterocycles. The van der Waals surface area contributed by atoms with Gasteiger partial charge in [0, 0.05) is 36.4 Å². The topological polar surface area (TPSA) is 87.2 Å². The molecule has 1 aromatic rings. The summed E-state index contributed by atoms with van der Waals surface area (Å²) in [5.74, 6) is 0.403. The first-order chi connectivity index (χ1) is 10.8. The normalized spacial score (nSPS) is 21.6. The third-order valence-corrected chi connectivity index (χ3v) is 4.65. The molecule has 0 bridgehead atoms. The monoisotopic (exact) mass is 313 g/mol. The van der Waals surface area contributed by atoms with Gasteiger partial charge in [-0.1, -0.05) is 32.0 Å². The maximum Gasteiger partial charge on any atom is 0.276 e. The summed E-state index contributed by atoms with van der Waals surface area (Å²) in [6, 6.07) is 3.67. The van der Waals surface area contributed by atoms with Crippen molar-refractivity contribution in [2.24, 2.45) is 10.8 Å². The minimum absolute atomic E-state index is 0.112. The van der Waals surface area contributed by atoms with Crippen LogP contribution in [-0.2, 0) is 11.2 Å². The van der Waals surface area contributed by atoms with Crippen LogP contribution >= 0.6 is 0 Å². The van der Waals surface area contributed by atoms with Crippen molar-refractivity contribution in [3.63, 3.8) is 0 Å². The van der Waals surface area contributed by atoms with Crippen molar-refractivity contribution in [1.82, 2.24) is 10.1 Å². The molecule has 0 unspecified atom stereocenters. The Balaban J connectivity index is 1.77. The second kappa shape index (κ2) is 5.05. The number of amides is 1. The van der Waals surface area contributed by atoms with E-state index >= 15 is 0 Å². The molecule has 1 aliphatic carbocycles. The number of carbonyl (C=O) groups excluding carboxylic acids is 2. The Morgan fingerprint density at radius 2 is 2.17 bits per heavy atom. The molecule has 1 amide bonds. The van der Waals surface area contributed by atoms with Crippen LogP contribution in [0, 0.1) is 22.2 Å². The molecule has 6 nitrogen and oxygen atoms in total. The lowest BCUT2D eigenvalue weighted by Crippen LogP contribution is -2.60. The fraction of sp³-hybridized carbons (Fsp3) is 0.529. The molecule has 1 fully saturated rings. The molecular weight excluding hydrogens is 294 g/mol. The predicted octanol–water partition coefficient (Wildman–Crippen LogP) is 2.13. The Kier molecular flexibility index (Phi) is 3.40. The molecule has 120 valence electrons. The van der Waals surface area contributed by atoms with E-state index in [4.69, 9.17) is 4.52 Å². The van der Waals surface area contributed by atoms with Gasteiger partial charge in [-0.2, -0.15) is 5.26 Å². The van der Waals surface area contributed by atoms with Crippen molar-refractivity contribution in [3.8, 4) is 6.07 Å². The molecule has 0 N–H and O–H groups in total. The third-order valence-electron chi connectivity index (χ3n) is 4.65. The molecule has 2 aliphatic rings. The van der Waals surface area contributed by atoms with E-state index in [1.807, 2.05) is 26.8 Å². The molecule has 6 heteroatoms. The standard InChI is InChI=1S/C17H19N3O3/c1-4-12-5-13(19-23-12)15(22)20-9-17(10-20)6-11(7-18)14(21)16(2,3)8-17/h5-6H,4,8-10H2,1-3H3. The maximum absolute atomic E-state index is 12.4. The summed E-state index contributed by atoms with van der Waals surface area (Å²) >= 11 is 0. The van der Waals surface area contributed by atoms with Gasteiger partial charge >= 0.3 is 0 Å². The van der Waals surface area contributed by atoms with Crippen LogP contribution in [-0.4, -0.2) is 34.8 Å². The van der Waals surface area contributed by atoms with E-state index in [1.165, 1.54) is 0 Å². The van der Waals surface area contributed by atoms with Crippen LogP contribution < -0.4 is 0 Å². The summed E-state index contributed by atoms with van der Waals surface area (Å²) in [7, 11) is 0. The van der Waals surface area contributed by atoms with Gasteiger partial charge in [0.15, 0.2) is 11.5 Å². The van der Waals surface area contributed by atoms with Gasteiger partial charge < -0.3 is 9.42 Å². The lowest BCUT2D eigenvalue weighted by molar-refractivity contribution is -0.127. The number of aromatic nitrogens is 1. The molecule has 0 aromatic carbocycles. The Morgan fingerprint density at radius 1 is 1.48 bits per heavy atom. The van der Waals surface area contributed by atoms with E-state index in [0.29, 0.717) is 37.4 Å². The number of carbonyl (C=O) groups is 2. The number of aryl methyl sites for hydroxylation is 1. The summed E-state index contributed by atoms with van der Waals surface area (Å²) in [5.41, 5.74) is -0.330. The van der Waals surface area contributed by atoms with Gasteiger partial charge in [-0.05, 0) is 6.42 Å². The number of nitrogens with zero attached hydrogens (tertiary/aromatic N) is 3. The fourth-order valence-corrected chi connectivity index (χ4v) is 3.63. The highest BCUT2D eigenvalue weighted by Crippen LogP contribution is 2.48. The number of nitriles is 1. The second-order valence-electron chi connectivity index (χ2n) is 7.12. The van der Waals surface area contributed by atoms with E-state index in [0.717, 1.165) is 0 Å². The van der Waals surface area contributed by atoms with Crippen LogP contribution in [0.3, 0.4) is 0 Å². The summed E-state index contributed by atoms with van der Waals surface area (Å²) in [6.07, 6.45) is 3.09. The lowest BCUT2D eigenvalue weighted by Gasteiger charge is -2.53. The van der Waals surface area contributed by atoms with E-state index in [-0.39, 0.29) is 22.7 Å². The van der Waals surface area contributed by atoms with Crippen LogP contribution in [0.2, 0.25) is 0 Å². The summed E-state index contributed by atoms with van der Waals surface area (Å²) < 4.78 is 5.08. The highest BCUT2D eigenvalue weighted by Gasteiger charge is 2.52. The Hall–Kier alpha value is -2.42.